The van der Waals surface area contributed by atoms with Gasteiger partial charge in [-0.2, -0.15) is 0 Å². The third kappa shape index (κ3) is 3.39. The van der Waals surface area contributed by atoms with Crippen molar-refractivity contribution >= 4 is 11.9 Å². The maximum Gasteiger partial charge on any atom is 0.338 e. The van der Waals surface area contributed by atoms with Gasteiger partial charge in [0.2, 0.25) is 0 Å². The lowest BCUT2D eigenvalue weighted by molar-refractivity contribution is -0.0598. The molecule has 0 aromatic carbocycles. The molecule has 6 nitrogen and oxygen atoms in total. The second kappa shape index (κ2) is 4.36. The summed E-state index contributed by atoms with van der Waals surface area (Å²) in [7, 11) is 0. The van der Waals surface area contributed by atoms with Gasteiger partial charge in [0.1, 0.15) is 6.26 Å². The summed E-state index contributed by atoms with van der Waals surface area (Å²) < 4.78 is 4.78. The van der Waals surface area contributed by atoms with Crippen LogP contribution in [0, 0.1) is 0 Å². The fourth-order valence-electron chi connectivity index (χ4n) is 0.817. The van der Waals surface area contributed by atoms with E-state index >= 15 is 0 Å². The van der Waals surface area contributed by atoms with Crippen LogP contribution in [0.25, 0.3) is 0 Å². The number of hydrogen-bond acceptors (Lipinski definition) is 4. The molecule has 1 aromatic heterocycles. The Morgan fingerprint density at radius 1 is 1.44 bits per heavy atom. The maximum atomic E-state index is 11.4. The largest absolute Gasteiger partial charge is 0.478 e. The van der Waals surface area contributed by atoms with Crippen molar-refractivity contribution in [2.24, 2.45) is 0 Å². The third-order valence-electron chi connectivity index (χ3n) is 1.52. The van der Waals surface area contributed by atoms with E-state index in [9.17, 15) is 9.59 Å². The number of nitrogens with one attached hydrogen (secondary N) is 1. The van der Waals surface area contributed by atoms with Crippen molar-refractivity contribution in [1.82, 2.24) is 5.48 Å². The van der Waals surface area contributed by atoms with Crippen LogP contribution in [0.15, 0.2) is 16.7 Å². The van der Waals surface area contributed by atoms with E-state index in [1.807, 2.05) is 0 Å². The van der Waals surface area contributed by atoms with Crippen molar-refractivity contribution < 1.29 is 24.0 Å². The number of carboxylic acids is 1. The molecule has 88 valence electrons. The van der Waals surface area contributed by atoms with Crippen molar-refractivity contribution in [1.29, 1.82) is 0 Å². The molecule has 0 aliphatic heterocycles. The number of hydrogen-bond donors (Lipinski definition) is 2. The van der Waals surface area contributed by atoms with Gasteiger partial charge in [0.05, 0.1) is 11.2 Å². The van der Waals surface area contributed by atoms with Gasteiger partial charge < -0.3 is 9.52 Å². The zero-order valence-electron chi connectivity index (χ0n) is 9.23. The summed E-state index contributed by atoms with van der Waals surface area (Å²) in [4.78, 5) is 26.9. The first-order chi connectivity index (χ1) is 7.29. The lowest BCUT2D eigenvalue weighted by Crippen LogP contribution is -2.33. The maximum absolute atomic E-state index is 11.4. The molecule has 0 saturated heterocycles. The highest BCUT2D eigenvalue weighted by Crippen LogP contribution is 2.09. The van der Waals surface area contributed by atoms with E-state index in [2.05, 4.69) is 5.48 Å². The molecule has 0 aliphatic rings. The van der Waals surface area contributed by atoms with Gasteiger partial charge in [-0.15, -0.1) is 0 Å². The predicted molar refractivity (Wildman–Crippen MR) is 54.0 cm³/mol. The Hall–Kier alpha value is -1.82. The van der Waals surface area contributed by atoms with E-state index in [4.69, 9.17) is 14.4 Å². The summed E-state index contributed by atoms with van der Waals surface area (Å²) in [6.07, 6.45) is 0.994. The Balaban J connectivity index is 2.63. The molecule has 0 atom stereocenters. The van der Waals surface area contributed by atoms with Gasteiger partial charge in [-0.1, -0.05) is 0 Å². The molecule has 0 bridgehead atoms. The first-order valence-electron chi connectivity index (χ1n) is 4.60. The average molecular weight is 227 g/mol. The molecule has 1 heterocycles. The Morgan fingerprint density at radius 2 is 2.06 bits per heavy atom. The summed E-state index contributed by atoms with van der Waals surface area (Å²) in [5.74, 6) is -1.89. The van der Waals surface area contributed by atoms with Gasteiger partial charge in [0, 0.05) is 6.07 Å². The lowest BCUT2D eigenvalue weighted by atomic mass is 10.2. The van der Waals surface area contributed by atoms with Crippen molar-refractivity contribution in [3.8, 4) is 0 Å². The monoisotopic (exact) mass is 227 g/mol. The topological polar surface area (TPSA) is 88.8 Å². The molecule has 1 aromatic rings. The Morgan fingerprint density at radius 3 is 2.50 bits per heavy atom. The molecule has 1 rings (SSSR count). The number of furan rings is 1. The summed E-state index contributed by atoms with van der Waals surface area (Å²) in [5, 5.41) is 8.62. The quantitative estimate of drug-likeness (QED) is 0.762. The fourth-order valence-corrected chi connectivity index (χ4v) is 0.817. The van der Waals surface area contributed by atoms with Gasteiger partial charge in [-0.3, -0.25) is 9.63 Å². The highest BCUT2D eigenvalue weighted by Gasteiger charge is 2.17. The average Bonchev–Trinajstić information content (AvgIpc) is 2.61. The molecular weight excluding hydrogens is 214 g/mol. The van der Waals surface area contributed by atoms with Crippen molar-refractivity contribution in [3.05, 3.63) is 23.7 Å². The SMILES string of the molecule is CC(C)(C)ONC(=O)c1cc(C(=O)O)co1. The number of carbonyl (C=O) groups is 2. The molecule has 0 radical (unpaired) electrons. The molecule has 0 unspecified atom stereocenters. The molecule has 0 fully saturated rings. The number of carboxylic acid groups (broad SMARTS) is 1. The number of hydroxylamine groups is 1. The van der Waals surface area contributed by atoms with Crippen LogP contribution >= 0.6 is 0 Å². The van der Waals surface area contributed by atoms with E-state index in [1.54, 1.807) is 20.8 Å². The van der Waals surface area contributed by atoms with Crippen LogP contribution < -0.4 is 5.48 Å². The van der Waals surface area contributed by atoms with Crippen LogP contribution in [-0.4, -0.2) is 22.6 Å². The highest BCUT2D eigenvalue weighted by atomic mass is 16.7. The number of carbonyl (C=O) groups excluding carboxylic acids is 1. The number of amides is 1. The Bertz CT molecular complexity index is 402. The van der Waals surface area contributed by atoms with Crippen molar-refractivity contribution in [2.45, 2.75) is 26.4 Å². The van der Waals surface area contributed by atoms with E-state index in [0.717, 1.165) is 12.3 Å². The number of aromatic carboxylic acids is 1. The van der Waals surface area contributed by atoms with Crippen molar-refractivity contribution in [3.63, 3.8) is 0 Å². The summed E-state index contributed by atoms with van der Waals surface area (Å²) in [6, 6.07) is 1.13. The second-order valence-corrected chi connectivity index (χ2v) is 4.15. The standard InChI is InChI=1S/C10H13NO5/c1-10(2,3)16-11-8(12)7-4-6(5-15-7)9(13)14/h4-5H,1-3H3,(H,11,12)(H,13,14). The minimum absolute atomic E-state index is 0.0825. The fraction of sp³-hybridized carbons (Fsp3) is 0.400. The van der Waals surface area contributed by atoms with E-state index in [1.165, 1.54) is 0 Å². The summed E-state index contributed by atoms with van der Waals surface area (Å²) in [6.45, 7) is 5.29. The lowest BCUT2D eigenvalue weighted by Gasteiger charge is -2.18. The van der Waals surface area contributed by atoms with E-state index in [-0.39, 0.29) is 11.3 Å². The molecular formula is C10H13NO5. The van der Waals surface area contributed by atoms with Crippen LogP contribution in [0.1, 0.15) is 41.7 Å². The Labute approximate surface area is 92.2 Å². The van der Waals surface area contributed by atoms with Gasteiger partial charge in [0.25, 0.3) is 0 Å². The first kappa shape index (κ1) is 12.3. The van der Waals surface area contributed by atoms with Crippen LogP contribution in [0.4, 0.5) is 0 Å². The molecule has 6 heteroatoms. The molecule has 0 spiro atoms. The summed E-state index contributed by atoms with van der Waals surface area (Å²) in [5.41, 5.74) is 1.55. The number of rotatable bonds is 3. The molecule has 1 amide bonds. The first-order valence-corrected chi connectivity index (χ1v) is 4.60. The summed E-state index contributed by atoms with van der Waals surface area (Å²) >= 11 is 0. The van der Waals surface area contributed by atoms with Crippen LogP contribution in [0.5, 0.6) is 0 Å². The molecule has 0 aliphatic carbocycles. The van der Waals surface area contributed by atoms with Gasteiger partial charge in [-0.25, -0.2) is 10.3 Å². The second-order valence-electron chi connectivity index (χ2n) is 4.15. The minimum atomic E-state index is -1.15. The van der Waals surface area contributed by atoms with Gasteiger partial charge in [-0.05, 0) is 20.8 Å². The smallest absolute Gasteiger partial charge is 0.338 e. The molecule has 2 N–H and O–H groups in total. The predicted octanol–water partition coefficient (Wildman–Crippen LogP) is 1.44. The zero-order valence-corrected chi connectivity index (χ0v) is 9.23. The van der Waals surface area contributed by atoms with Gasteiger partial charge in [0.15, 0.2) is 5.76 Å². The van der Waals surface area contributed by atoms with Crippen LogP contribution in [-0.2, 0) is 4.84 Å². The zero-order chi connectivity index (χ0) is 12.3. The van der Waals surface area contributed by atoms with E-state index < -0.39 is 17.5 Å². The van der Waals surface area contributed by atoms with Crippen molar-refractivity contribution in [2.75, 3.05) is 0 Å². The molecule has 0 saturated carbocycles. The van der Waals surface area contributed by atoms with Crippen LogP contribution in [0.3, 0.4) is 0 Å². The van der Waals surface area contributed by atoms with E-state index in [0.29, 0.717) is 0 Å². The minimum Gasteiger partial charge on any atom is -0.478 e. The molecule has 16 heavy (non-hydrogen) atoms. The highest BCUT2D eigenvalue weighted by molar-refractivity contribution is 5.94. The van der Waals surface area contributed by atoms with Crippen LogP contribution in [0.2, 0.25) is 0 Å². The third-order valence-corrected chi connectivity index (χ3v) is 1.52. The van der Waals surface area contributed by atoms with Gasteiger partial charge >= 0.3 is 11.9 Å². The Kier molecular flexibility index (Phi) is 3.34. The normalized spacial score (nSPS) is 11.2.